The van der Waals surface area contributed by atoms with Crippen molar-refractivity contribution in [2.75, 3.05) is 6.61 Å². The van der Waals surface area contributed by atoms with Crippen molar-refractivity contribution >= 4 is 11.9 Å². The summed E-state index contributed by atoms with van der Waals surface area (Å²) in [6.45, 7) is 0.540. The molecule has 0 bridgehead atoms. The smallest absolute Gasteiger partial charge is 1.00 e. The Morgan fingerprint density at radius 2 is 1.61 bits per heavy atom. The SMILES string of the molecule is N[C@@H](COCc1ccc(C(=O)OC(=O)C(F)(F)F)cc1)Cc1ccccc1.[H-].[Na+]. The third-order valence-corrected chi connectivity index (χ3v) is 3.55. The number of nitrogens with two attached hydrogens (primary N) is 1. The van der Waals surface area contributed by atoms with E-state index >= 15 is 0 Å². The first kappa shape index (κ1) is 24.3. The van der Waals surface area contributed by atoms with Crippen molar-refractivity contribution < 1.29 is 63.2 Å². The van der Waals surface area contributed by atoms with Gasteiger partial charge in [-0.2, -0.15) is 13.2 Å². The minimum absolute atomic E-state index is 0. The monoisotopic (exact) mass is 405 g/mol. The van der Waals surface area contributed by atoms with Crippen LogP contribution in [0.25, 0.3) is 0 Å². The van der Waals surface area contributed by atoms with Crippen molar-refractivity contribution in [3.05, 3.63) is 71.3 Å². The van der Waals surface area contributed by atoms with E-state index in [-0.39, 0.29) is 49.2 Å². The Balaban J connectivity index is 0.00000392. The molecule has 0 radical (unpaired) electrons. The van der Waals surface area contributed by atoms with Gasteiger partial charge in [0.2, 0.25) is 0 Å². The molecule has 0 heterocycles. The molecule has 2 rings (SSSR count). The van der Waals surface area contributed by atoms with E-state index < -0.39 is 18.1 Å². The van der Waals surface area contributed by atoms with Gasteiger partial charge in [-0.15, -0.1) is 0 Å². The molecule has 9 heteroatoms. The second kappa shape index (κ2) is 11.3. The Bertz CT molecular complexity index is 773. The van der Waals surface area contributed by atoms with Crippen LogP contribution in [0.4, 0.5) is 13.2 Å². The minimum atomic E-state index is -5.22. The molecule has 2 aromatic rings. The zero-order valence-corrected chi connectivity index (χ0v) is 17.2. The van der Waals surface area contributed by atoms with E-state index in [1.807, 2.05) is 30.3 Å². The van der Waals surface area contributed by atoms with E-state index in [1.54, 1.807) is 0 Å². The number of hydrogen-bond donors (Lipinski definition) is 1. The van der Waals surface area contributed by atoms with Crippen LogP contribution >= 0.6 is 0 Å². The molecule has 0 fully saturated rings. The molecule has 0 aromatic heterocycles. The van der Waals surface area contributed by atoms with Gasteiger partial charge in [0.15, 0.2) is 0 Å². The number of hydrogen-bond acceptors (Lipinski definition) is 5. The van der Waals surface area contributed by atoms with Gasteiger partial charge in [0.25, 0.3) is 0 Å². The molecule has 0 aliphatic rings. The van der Waals surface area contributed by atoms with Crippen molar-refractivity contribution in [2.45, 2.75) is 25.2 Å². The van der Waals surface area contributed by atoms with Gasteiger partial charge in [0.05, 0.1) is 18.8 Å². The first-order valence-corrected chi connectivity index (χ1v) is 8.05. The van der Waals surface area contributed by atoms with E-state index in [0.29, 0.717) is 18.6 Å². The average molecular weight is 405 g/mol. The van der Waals surface area contributed by atoms with Crippen LogP contribution in [-0.4, -0.2) is 30.8 Å². The Kier molecular flexibility index (Phi) is 9.84. The second-order valence-corrected chi connectivity index (χ2v) is 5.84. The fraction of sp³-hybridized carbons (Fsp3) is 0.263. The van der Waals surface area contributed by atoms with Crippen molar-refractivity contribution in [3.63, 3.8) is 0 Å². The molecule has 28 heavy (non-hydrogen) atoms. The third-order valence-electron chi connectivity index (χ3n) is 3.55. The summed E-state index contributed by atoms with van der Waals surface area (Å²) in [6, 6.07) is 15.1. The molecule has 1 atom stereocenters. The molecular weight excluding hydrogens is 386 g/mol. The van der Waals surface area contributed by atoms with Gasteiger partial charge >= 0.3 is 47.7 Å². The molecular formula is C19H19F3NNaO4. The number of esters is 2. The standard InChI is InChI=1S/C19H18F3NO4.Na.H/c20-19(21,22)18(25)27-17(24)15-8-6-14(7-9-15)11-26-12-16(23)10-13-4-2-1-3-5-13;;/h1-9,16H,10-12,23H2;;/q;+1;-1/t16-;;/m1../s1. The molecule has 5 nitrogen and oxygen atoms in total. The summed E-state index contributed by atoms with van der Waals surface area (Å²) in [5, 5.41) is 0. The molecule has 0 aliphatic carbocycles. The maximum Gasteiger partial charge on any atom is 1.00 e. The molecule has 146 valence electrons. The van der Waals surface area contributed by atoms with Crippen LogP contribution in [0.15, 0.2) is 54.6 Å². The fourth-order valence-electron chi connectivity index (χ4n) is 2.24. The van der Waals surface area contributed by atoms with Gasteiger partial charge in [0, 0.05) is 6.04 Å². The van der Waals surface area contributed by atoms with Crippen LogP contribution < -0.4 is 35.3 Å². The van der Waals surface area contributed by atoms with Crippen LogP contribution in [0.1, 0.15) is 22.9 Å². The molecule has 0 aliphatic heterocycles. The normalized spacial score (nSPS) is 12.0. The Hall–Kier alpha value is -1.71. The van der Waals surface area contributed by atoms with E-state index in [2.05, 4.69) is 4.74 Å². The first-order chi connectivity index (χ1) is 12.8. The molecule has 0 saturated carbocycles. The third kappa shape index (κ3) is 8.12. The zero-order valence-electron chi connectivity index (χ0n) is 16.2. The summed E-state index contributed by atoms with van der Waals surface area (Å²) in [5.41, 5.74) is 7.63. The summed E-state index contributed by atoms with van der Waals surface area (Å²) in [5.74, 6) is -3.91. The summed E-state index contributed by atoms with van der Waals surface area (Å²) >= 11 is 0. The fourth-order valence-corrected chi connectivity index (χ4v) is 2.24. The molecule has 0 spiro atoms. The number of halogens is 3. The molecule has 0 amide bonds. The zero-order chi connectivity index (χ0) is 19.9. The largest absolute Gasteiger partial charge is 1.00 e. The van der Waals surface area contributed by atoms with Gasteiger partial charge in [-0.3, -0.25) is 0 Å². The summed E-state index contributed by atoms with van der Waals surface area (Å²) in [6.07, 6.45) is -4.55. The Morgan fingerprint density at radius 3 is 2.18 bits per heavy atom. The van der Waals surface area contributed by atoms with Crippen molar-refractivity contribution in [2.24, 2.45) is 5.73 Å². The number of carbonyl (C=O) groups is 2. The Morgan fingerprint density at radius 1 is 1.00 bits per heavy atom. The topological polar surface area (TPSA) is 78.6 Å². The van der Waals surface area contributed by atoms with E-state index in [1.165, 1.54) is 24.3 Å². The van der Waals surface area contributed by atoms with E-state index in [0.717, 1.165) is 5.56 Å². The van der Waals surface area contributed by atoms with Gasteiger partial charge in [-0.25, -0.2) is 9.59 Å². The van der Waals surface area contributed by atoms with Gasteiger partial charge in [0.1, 0.15) is 0 Å². The van der Waals surface area contributed by atoms with Crippen molar-refractivity contribution in [1.29, 1.82) is 0 Å². The van der Waals surface area contributed by atoms with Gasteiger partial charge in [-0.05, 0) is 29.7 Å². The van der Waals surface area contributed by atoms with Crippen LogP contribution in [0.3, 0.4) is 0 Å². The maximum absolute atomic E-state index is 12.1. The van der Waals surface area contributed by atoms with Crippen LogP contribution in [-0.2, 0) is 27.3 Å². The number of benzene rings is 2. The van der Waals surface area contributed by atoms with Gasteiger partial charge < -0.3 is 16.6 Å². The molecule has 2 N–H and O–H groups in total. The van der Waals surface area contributed by atoms with Crippen LogP contribution in [0.5, 0.6) is 0 Å². The minimum Gasteiger partial charge on any atom is -1.00 e. The van der Waals surface area contributed by atoms with Crippen LogP contribution in [0.2, 0.25) is 0 Å². The number of alkyl halides is 3. The molecule has 0 unspecified atom stereocenters. The number of carbonyl (C=O) groups excluding carboxylic acids is 2. The van der Waals surface area contributed by atoms with E-state index in [4.69, 9.17) is 10.5 Å². The van der Waals surface area contributed by atoms with Gasteiger partial charge in [-0.1, -0.05) is 42.5 Å². The molecule has 0 saturated heterocycles. The number of ether oxygens (including phenoxy) is 2. The number of rotatable bonds is 7. The Labute approximate surface area is 183 Å². The predicted octanol–water partition coefficient (Wildman–Crippen LogP) is 0.135. The average Bonchev–Trinajstić information content (AvgIpc) is 2.62. The van der Waals surface area contributed by atoms with Crippen molar-refractivity contribution in [1.82, 2.24) is 0 Å². The summed E-state index contributed by atoms with van der Waals surface area (Å²) < 4.78 is 45.5. The maximum atomic E-state index is 12.1. The van der Waals surface area contributed by atoms with E-state index in [9.17, 15) is 22.8 Å². The van der Waals surface area contributed by atoms with Crippen LogP contribution in [0, 0.1) is 0 Å². The summed E-state index contributed by atoms with van der Waals surface area (Å²) in [7, 11) is 0. The first-order valence-electron chi connectivity index (χ1n) is 8.05. The quantitative estimate of drug-likeness (QED) is 0.403. The second-order valence-electron chi connectivity index (χ2n) is 5.84. The summed E-state index contributed by atoms with van der Waals surface area (Å²) in [4.78, 5) is 22.2. The van der Waals surface area contributed by atoms with Crippen molar-refractivity contribution in [3.8, 4) is 0 Å². The molecule has 2 aromatic carbocycles. The predicted molar refractivity (Wildman–Crippen MR) is 91.8 cm³/mol.